The van der Waals surface area contributed by atoms with Gasteiger partial charge in [0, 0.05) is 25.2 Å². The van der Waals surface area contributed by atoms with Crippen LogP contribution in [0, 0.1) is 11.6 Å². The first-order chi connectivity index (χ1) is 9.50. The summed E-state index contributed by atoms with van der Waals surface area (Å²) in [5, 5.41) is 0. The molecule has 110 valence electrons. The van der Waals surface area contributed by atoms with Crippen LogP contribution in [-0.4, -0.2) is 36.7 Å². The van der Waals surface area contributed by atoms with Gasteiger partial charge in [0.25, 0.3) is 10.2 Å². The quantitative estimate of drug-likeness (QED) is 0.857. The molecule has 2 fully saturated rings. The molecule has 0 saturated carbocycles. The summed E-state index contributed by atoms with van der Waals surface area (Å²) in [6.45, 7) is 1.38. The number of halogens is 2. The van der Waals surface area contributed by atoms with E-state index in [1.807, 2.05) is 0 Å². The third-order valence-electron chi connectivity index (χ3n) is 3.96. The third-order valence-corrected chi connectivity index (χ3v) is 6.01. The number of benzene rings is 1. The number of hydrogen-bond donors (Lipinski definition) is 0. The Morgan fingerprint density at radius 1 is 1.10 bits per heavy atom. The molecule has 2 heterocycles. The second-order valence-corrected chi connectivity index (χ2v) is 7.08. The van der Waals surface area contributed by atoms with Crippen LogP contribution in [-0.2, 0) is 10.2 Å². The second kappa shape index (κ2) is 5.05. The van der Waals surface area contributed by atoms with Crippen LogP contribution >= 0.6 is 0 Å². The fourth-order valence-corrected chi connectivity index (χ4v) is 4.68. The van der Waals surface area contributed by atoms with Gasteiger partial charge in [-0.25, -0.2) is 8.78 Å². The minimum atomic E-state index is -3.55. The Morgan fingerprint density at radius 2 is 1.85 bits per heavy atom. The Kier molecular flexibility index (Phi) is 3.51. The molecule has 0 N–H and O–H groups in total. The van der Waals surface area contributed by atoms with Crippen LogP contribution < -0.4 is 0 Å². The summed E-state index contributed by atoms with van der Waals surface area (Å²) in [4.78, 5) is 0. The summed E-state index contributed by atoms with van der Waals surface area (Å²) in [5.41, 5.74) is 0.131. The van der Waals surface area contributed by atoms with E-state index in [2.05, 4.69) is 0 Å². The molecule has 0 radical (unpaired) electrons. The zero-order valence-corrected chi connectivity index (χ0v) is 11.7. The fourth-order valence-electron chi connectivity index (χ4n) is 2.76. The molecule has 1 aromatic carbocycles. The molecule has 2 saturated heterocycles. The van der Waals surface area contributed by atoms with E-state index in [1.54, 1.807) is 0 Å². The van der Waals surface area contributed by atoms with E-state index >= 15 is 0 Å². The molecule has 7 heteroatoms. The number of rotatable bonds is 3. The lowest BCUT2D eigenvalue weighted by Gasteiger charge is -2.35. The zero-order valence-electron chi connectivity index (χ0n) is 10.9. The molecule has 20 heavy (non-hydrogen) atoms. The SMILES string of the molecule is O=S(=O)(N1CCC1)N1CCCC1c1cc(F)ccc1F. The molecule has 0 bridgehead atoms. The highest BCUT2D eigenvalue weighted by molar-refractivity contribution is 7.86. The molecule has 3 rings (SSSR count). The van der Waals surface area contributed by atoms with Crippen LogP contribution in [0.2, 0.25) is 0 Å². The Morgan fingerprint density at radius 3 is 2.50 bits per heavy atom. The first-order valence-electron chi connectivity index (χ1n) is 6.72. The number of hydrogen-bond acceptors (Lipinski definition) is 2. The van der Waals surface area contributed by atoms with E-state index in [9.17, 15) is 17.2 Å². The highest BCUT2D eigenvalue weighted by Gasteiger charge is 2.41. The third kappa shape index (κ3) is 2.23. The van der Waals surface area contributed by atoms with Crippen LogP contribution in [0.15, 0.2) is 18.2 Å². The molecule has 1 aromatic rings. The second-order valence-electron chi connectivity index (χ2n) is 5.19. The van der Waals surface area contributed by atoms with Gasteiger partial charge in [0.05, 0.1) is 6.04 Å². The largest absolute Gasteiger partial charge is 0.282 e. The molecule has 2 aliphatic rings. The molecule has 0 aliphatic carbocycles. The lowest BCUT2D eigenvalue weighted by molar-refractivity contribution is 0.266. The monoisotopic (exact) mass is 302 g/mol. The van der Waals surface area contributed by atoms with Crippen molar-refractivity contribution >= 4 is 10.2 Å². The Bertz CT molecular complexity index is 617. The van der Waals surface area contributed by atoms with Crippen molar-refractivity contribution in [2.45, 2.75) is 25.3 Å². The highest BCUT2D eigenvalue weighted by atomic mass is 32.2. The molecular weight excluding hydrogens is 286 g/mol. The first-order valence-corrected chi connectivity index (χ1v) is 8.12. The van der Waals surface area contributed by atoms with Crippen LogP contribution in [0.3, 0.4) is 0 Å². The normalized spacial score (nSPS) is 24.8. The van der Waals surface area contributed by atoms with E-state index in [0.717, 1.165) is 24.6 Å². The minimum Gasteiger partial charge on any atom is -0.207 e. The van der Waals surface area contributed by atoms with Gasteiger partial charge < -0.3 is 0 Å². The first kappa shape index (κ1) is 13.9. The molecule has 1 atom stereocenters. The molecule has 0 spiro atoms. The predicted molar refractivity (Wildman–Crippen MR) is 70.1 cm³/mol. The minimum absolute atomic E-state index is 0.131. The van der Waals surface area contributed by atoms with Crippen LogP contribution in [0.1, 0.15) is 30.9 Å². The summed E-state index contributed by atoms with van der Waals surface area (Å²) < 4.78 is 54.8. The van der Waals surface area contributed by atoms with Crippen molar-refractivity contribution in [1.29, 1.82) is 0 Å². The standard InChI is InChI=1S/C13H16F2N2O2S/c14-10-4-5-12(15)11(9-10)13-3-1-8-17(13)20(18,19)16-6-2-7-16/h4-5,9,13H,1-3,6-8H2. The maximum atomic E-state index is 13.9. The molecule has 0 amide bonds. The van der Waals surface area contributed by atoms with Crippen molar-refractivity contribution in [3.05, 3.63) is 35.4 Å². The zero-order chi connectivity index (χ0) is 14.3. The van der Waals surface area contributed by atoms with E-state index < -0.39 is 27.9 Å². The van der Waals surface area contributed by atoms with Crippen LogP contribution in [0.25, 0.3) is 0 Å². The van der Waals surface area contributed by atoms with Gasteiger partial charge in [-0.1, -0.05) is 0 Å². The van der Waals surface area contributed by atoms with E-state index in [4.69, 9.17) is 0 Å². The van der Waals surface area contributed by atoms with E-state index in [-0.39, 0.29) is 5.56 Å². The van der Waals surface area contributed by atoms with Crippen molar-refractivity contribution < 1.29 is 17.2 Å². The van der Waals surface area contributed by atoms with Crippen LogP contribution in [0.4, 0.5) is 8.78 Å². The molecular formula is C13H16F2N2O2S. The smallest absolute Gasteiger partial charge is 0.207 e. The fraction of sp³-hybridized carbons (Fsp3) is 0.538. The lowest BCUT2D eigenvalue weighted by Crippen LogP contribution is -2.49. The molecule has 1 unspecified atom stereocenters. The summed E-state index contributed by atoms with van der Waals surface area (Å²) in [7, 11) is -3.55. The van der Waals surface area contributed by atoms with Crippen molar-refractivity contribution in [2.75, 3.05) is 19.6 Å². The van der Waals surface area contributed by atoms with E-state index in [1.165, 1.54) is 8.61 Å². The molecule has 0 aromatic heterocycles. The topological polar surface area (TPSA) is 40.6 Å². The van der Waals surface area contributed by atoms with Gasteiger partial charge in [-0.3, -0.25) is 0 Å². The van der Waals surface area contributed by atoms with Crippen LogP contribution in [0.5, 0.6) is 0 Å². The van der Waals surface area contributed by atoms with E-state index in [0.29, 0.717) is 32.5 Å². The summed E-state index contributed by atoms with van der Waals surface area (Å²) in [6.07, 6.45) is 2.03. The maximum absolute atomic E-state index is 13.9. The van der Waals surface area contributed by atoms with Gasteiger partial charge >= 0.3 is 0 Å². The van der Waals surface area contributed by atoms with Gasteiger partial charge in [0.15, 0.2) is 0 Å². The van der Waals surface area contributed by atoms with Gasteiger partial charge in [-0.05, 0) is 37.5 Å². The van der Waals surface area contributed by atoms with Crippen molar-refractivity contribution in [3.8, 4) is 0 Å². The van der Waals surface area contributed by atoms with Gasteiger partial charge in [-0.2, -0.15) is 17.0 Å². The van der Waals surface area contributed by atoms with Gasteiger partial charge in [-0.15, -0.1) is 0 Å². The Balaban J connectivity index is 1.94. The van der Waals surface area contributed by atoms with Crippen molar-refractivity contribution in [3.63, 3.8) is 0 Å². The average molecular weight is 302 g/mol. The number of nitrogens with zero attached hydrogens (tertiary/aromatic N) is 2. The Hall–Kier alpha value is -1.05. The highest BCUT2D eigenvalue weighted by Crippen LogP contribution is 2.37. The Labute approximate surface area is 117 Å². The van der Waals surface area contributed by atoms with Gasteiger partial charge in [0.1, 0.15) is 11.6 Å². The van der Waals surface area contributed by atoms with Gasteiger partial charge in [0.2, 0.25) is 0 Å². The predicted octanol–water partition coefficient (Wildman–Crippen LogP) is 2.05. The summed E-state index contributed by atoms with van der Waals surface area (Å²) in [6, 6.07) is 2.60. The molecule has 4 nitrogen and oxygen atoms in total. The summed E-state index contributed by atoms with van der Waals surface area (Å²) in [5.74, 6) is -1.10. The molecule has 2 aliphatic heterocycles. The summed E-state index contributed by atoms with van der Waals surface area (Å²) >= 11 is 0. The lowest BCUT2D eigenvalue weighted by atomic mass is 10.0. The van der Waals surface area contributed by atoms with Crippen molar-refractivity contribution in [1.82, 2.24) is 8.61 Å². The van der Waals surface area contributed by atoms with Crippen molar-refractivity contribution in [2.24, 2.45) is 0 Å². The average Bonchev–Trinajstić information content (AvgIpc) is 2.79. The maximum Gasteiger partial charge on any atom is 0.282 e.